The molecule has 1 aromatic rings. The average Bonchev–Trinajstić information content (AvgIpc) is 2.29. The van der Waals surface area contributed by atoms with E-state index in [2.05, 4.69) is 28.6 Å². The molecule has 0 aliphatic carbocycles. The molecule has 90 valence electrons. The van der Waals surface area contributed by atoms with Crippen molar-refractivity contribution in [1.82, 2.24) is 9.88 Å². The lowest BCUT2D eigenvalue weighted by Gasteiger charge is -2.16. The van der Waals surface area contributed by atoms with Gasteiger partial charge in [0, 0.05) is 18.8 Å². The zero-order valence-electron chi connectivity index (χ0n) is 9.53. The highest BCUT2D eigenvalue weighted by Crippen LogP contribution is 2.17. The normalized spacial score (nSPS) is 10.8. The van der Waals surface area contributed by atoms with E-state index in [1.54, 1.807) is 6.07 Å². The summed E-state index contributed by atoms with van der Waals surface area (Å²) in [4.78, 5) is 6.51. The van der Waals surface area contributed by atoms with Crippen molar-refractivity contribution in [3.8, 4) is 0 Å². The van der Waals surface area contributed by atoms with Crippen LogP contribution in [-0.4, -0.2) is 35.5 Å². The summed E-state index contributed by atoms with van der Waals surface area (Å²) in [5.41, 5.74) is 3.37. The number of nitrogen functional groups attached to an aromatic ring is 1. The van der Waals surface area contributed by atoms with Crippen LogP contribution in [0, 0.1) is 0 Å². The fourth-order valence-electron chi connectivity index (χ4n) is 1.26. The molecule has 0 bridgehead atoms. The van der Waals surface area contributed by atoms with Crippen LogP contribution in [0.4, 0.5) is 5.82 Å². The van der Waals surface area contributed by atoms with Crippen molar-refractivity contribution in [1.29, 1.82) is 0 Å². The van der Waals surface area contributed by atoms with Gasteiger partial charge in [0.1, 0.15) is 5.82 Å². The molecule has 3 N–H and O–H groups in total. The van der Waals surface area contributed by atoms with Gasteiger partial charge < -0.3 is 5.43 Å². The zero-order chi connectivity index (χ0) is 12.0. The summed E-state index contributed by atoms with van der Waals surface area (Å²) in [5, 5.41) is 0.676. The van der Waals surface area contributed by atoms with Crippen LogP contribution < -0.4 is 11.3 Å². The van der Waals surface area contributed by atoms with Crippen LogP contribution >= 0.6 is 23.4 Å². The second-order valence-electron chi connectivity index (χ2n) is 3.50. The van der Waals surface area contributed by atoms with Gasteiger partial charge in [0.15, 0.2) is 0 Å². The Balaban J connectivity index is 2.64. The topological polar surface area (TPSA) is 54.2 Å². The van der Waals surface area contributed by atoms with Gasteiger partial charge in [0.05, 0.1) is 10.7 Å². The summed E-state index contributed by atoms with van der Waals surface area (Å²) >= 11 is 7.89. The van der Waals surface area contributed by atoms with Gasteiger partial charge >= 0.3 is 0 Å². The molecule has 0 fully saturated rings. The maximum Gasteiger partial charge on any atom is 0.140 e. The van der Waals surface area contributed by atoms with E-state index in [4.69, 9.17) is 17.4 Å². The van der Waals surface area contributed by atoms with Crippen LogP contribution in [0.5, 0.6) is 0 Å². The number of hydrogen-bond donors (Lipinski definition) is 2. The highest BCUT2D eigenvalue weighted by Gasteiger charge is 2.06. The summed E-state index contributed by atoms with van der Waals surface area (Å²) in [7, 11) is 2.05. The Kier molecular flexibility index (Phi) is 5.90. The molecule has 1 aromatic heterocycles. The Bertz CT molecular complexity index is 335. The minimum absolute atomic E-state index is 0.637. The molecule has 6 heteroatoms. The molecular weight excluding hydrogens is 244 g/mol. The van der Waals surface area contributed by atoms with Crippen LogP contribution in [0.1, 0.15) is 5.69 Å². The van der Waals surface area contributed by atoms with Crippen molar-refractivity contribution in [2.75, 3.05) is 31.0 Å². The first-order valence-corrected chi connectivity index (χ1v) is 6.74. The summed E-state index contributed by atoms with van der Waals surface area (Å²) in [6, 6.07) is 3.56. The van der Waals surface area contributed by atoms with E-state index >= 15 is 0 Å². The molecular formula is C10H17ClN4S. The predicted octanol–water partition coefficient (Wildman–Crippen LogP) is 1.82. The first kappa shape index (κ1) is 13.6. The van der Waals surface area contributed by atoms with Gasteiger partial charge in [-0.05, 0) is 25.4 Å². The molecule has 1 rings (SSSR count). The second kappa shape index (κ2) is 6.96. The van der Waals surface area contributed by atoms with Crippen molar-refractivity contribution in [3.05, 3.63) is 22.8 Å². The number of hydrazine groups is 1. The van der Waals surface area contributed by atoms with Crippen molar-refractivity contribution >= 4 is 29.2 Å². The Hall–Kier alpha value is -0.490. The zero-order valence-corrected chi connectivity index (χ0v) is 11.1. The number of hydrogen-bond acceptors (Lipinski definition) is 5. The molecule has 16 heavy (non-hydrogen) atoms. The largest absolute Gasteiger partial charge is 0.308 e. The number of pyridine rings is 1. The number of rotatable bonds is 6. The molecule has 0 aromatic carbocycles. The molecule has 0 radical (unpaired) electrons. The molecule has 0 aliphatic rings. The molecule has 4 nitrogen and oxygen atoms in total. The van der Waals surface area contributed by atoms with E-state index in [1.165, 1.54) is 0 Å². The van der Waals surface area contributed by atoms with Gasteiger partial charge in [-0.25, -0.2) is 10.8 Å². The minimum atomic E-state index is 0.637. The monoisotopic (exact) mass is 260 g/mol. The smallest absolute Gasteiger partial charge is 0.140 e. The molecule has 0 amide bonds. The SMILES string of the molecule is CSCCN(C)Cc1nc(NN)ccc1Cl. The van der Waals surface area contributed by atoms with E-state index in [1.807, 2.05) is 17.8 Å². The minimum Gasteiger partial charge on any atom is -0.308 e. The predicted molar refractivity (Wildman–Crippen MR) is 71.8 cm³/mol. The number of thioether (sulfide) groups is 1. The lowest BCUT2D eigenvalue weighted by Crippen LogP contribution is -2.22. The third-order valence-electron chi connectivity index (χ3n) is 2.16. The second-order valence-corrected chi connectivity index (χ2v) is 4.89. The van der Waals surface area contributed by atoms with E-state index in [0.717, 1.165) is 24.5 Å². The van der Waals surface area contributed by atoms with Gasteiger partial charge in [-0.2, -0.15) is 11.8 Å². The van der Waals surface area contributed by atoms with Crippen molar-refractivity contribution in [3.63, 3.8) is 0 Å². The van der Waals surface area contributed by atoms with Crippen molar-refractivity contribution < 1.29 is 0 Å². The van der Waals surface area contributed by atoms with Crippen LogP contribution in [-0.2, 0) is 6.54 Å². The highest BCUT2D eigenvalue weighted by atomic mass is 35.5. The van der Waals surface area contributed by atoms with Gasteiger partial charge in [-0.3, -0.25) is 4.90 Å². The van der Waals surface area contributed by atoms with Crippen LogP contribution in [0.25, 0.3) is 0 Å². The quantitative estimate of drug-likeness (QED) is 0.604. The molecule has 0 unspecified atom stereocenters. The summed E-state index contributed by atoms with van der Waals surface area (Å²) < 4.78 is 0. The molecule has 0 aliphatic heterocycles. The van der Waals surface area contributed by atoms with Gasteiger partial charge in [0.25, 0.3) is 0 Å². The van der Waals surface area contributed by atoms with Crippen LogP contribution in [0.2, 0.25) is 5.02 Å². The Morgan fingerprint density at radius 2 is 2.31 bits per heavy atom. The maximum absolute atomic E-state index is 6.07. The van der Waals surface area contributed by atoms with Crippen LogP contribution in [0.3, 0.4) is 0 Å². The summed E-state index contributed by atoms with van der Waals surface area (Å²) in [6.07, 6.45) is 2.10. The number of nitrogens with one attached hydrogen (secondary N) is 1. The first-order valence-electron chi connectivity index (χ1n) is 4.97. The Labute approximate surface area is 106 Å². The molecule has 1 heterocycles. The Morgan fingerprint density at radius 3 is 2.94 bits per heavy atom. The number of aromatic nitrogens is 1. The number of nitrogens with two attached hydrogens (primary N) is 1. The Morgan fingerprint density at radius 1 is 1.56 bits per heavy atom. The maximum atomic E-state index is 6.07. The third kappa shape index (κ3) is 4.17. The summed E-state index contributed by atoms with van der Waals surface area (Å²) in [5.74, 6) is 7.04. The molecule has 0 saturated carbocycles. The lowest BCUT2D eigenvalue weighted by molar-refractivity contribution is 0.344. The first-order chi connectivity index (χ1) is 7.67. The van der Waals surface area contributed by atoms with E-state index in [9.17, 15) is 0 Å². The van der Waals surface area contributed by atoms with E-state index < -0.39 is 0 Å². The van der Waals surface area contributed by atoms with Crippen LogP contribution in [0.15, 0.2) is 12.1 Å². The number of nitrogens with zero attached hydrogens (tertiary/aromatic N) is 2. The third-order valence-corrected chi connectivity index (χ3v) is 3.10. The fraction of sp³-hybridized carbons (Fsp3) is 0.500. The standard InChI is InChI=1S/C10H17ClN4S/c1-15(5-6-16-2)7-9-8(11)3-4-10(13-9)14-12/h3-4H,5-7,12H2,1-2H3,(H,13,14). The summed E-state index contributed by atoms with van der Waals surface area (Å²) in [6.45, 7) is 1.74. The molecule has 0 saturated heterocycles. The highest BCUT2D eigenvalue weighted by molar-refractivity contribution is 7.98. The van der Waals surface area contributed by atoms with Gasteiger partial charge in [-0.1, -0.05) is 11.6 Å². The van der Waals surface area contributed by atoms with E-state index in [0.29, 0.717) is 10.8 Å². The lowest BCUT2D eigenvalue weighted by atomic mass is 10.3. The fourth-order valence-corrected chi connectivity index (χ4v) is 1.92. The number of anilines is 1. The average molecular weight is 261 g/mol. The molecule has 0 atom stereocenters. The molecule has 0 spiro atoms. The van der Waals surface area contributed by atoms with Gasteiger partial charge in [-0.15, -0.1) is 0 Å². The number of halogens is 1. The van der Waals surface area contributed by atoms with Crippen molar-refractivity contribution in [2.45, 2.75) is 6.54 Å². The van der Waals surface area contributed by atoms with E-state index in [-0.39, 0.29) is 0 Å². The van der Waals surface area contributed by atoms with Gasteiger partial charge in [0.2, 0.25) is 0 Å². The van der Waals surface area contributed by atoms with Crippen molar-refractivity contribution in [2.24, 2.45) is 5.84 Å².